The Balaban J connectivity index is 1.09. The van der Waals surface area contributed by atoms with Crippen molar-refractivity contribution < 1.29 is 4.42 Å². The first-order valence-corrected chi connectivity index (χ1v) is 20.9. The van der Waals surface area contributed by atoms with Crippen LogP contribution in [0.3, 0.4) is 0 Å². The molecule has 3 heteroatoms. The van der Waals surface area contributed by atoms with E-state index in [1.54, 1.807) is 0 Å². The van der Waals surface area contributed by atoms with Gasteiger partial charge in [0, 0.05) is 42.5 Å². The third kappa shape index (κ3) is 5.47. The Hall–Kier alpha value is -7.46. The molecular weight excluding hydrogens is 735 g/mol. The second kappa shape index (κ2) is 13.6. The molecule has 0 aliphatic rings. The number of para-hydroxylation sites is 1. The summed E-state index contributed by atoms with van der Waals surface area (Å²) >= 11 is 1.87. The molecule has 276 valence electrons. The highest BCUT2D eigenvalue weighted by molar-refractivity contribution is 7.26. The summed E-state index contributed by atoms with van der Waals surface area (Å²) in [5, 5.41) is 9.82. The predicted octanol–water partition coefficient (Wildman–Crippen LogP) is 16.7. The highest BCUT2D eigenvalue weighted by atomic mass is 32.1. The van der Waals surface area contributed by atoms with E-state index in [0.29, 0.717) is 0 Å². The molecule has 2 nitrogen and oxygen atoms in total. The van der Waals surface area contributed by atoms with E-state index < -0.39 is 0 Å². The minimum Gasteiger partial charge on any atom is -0.456 e. The van der Waals surface area contributed by atoms with Crippen LogP contribution in [-0.4, -0.2) is 0 Å². The quantitative estimate of drug-likeness (QED) is 0.157. The fourth-order valence-corrected chi connectivity index (χ4v) is 10.4. The van der Waals surface area contributed by atoms with E-state index in [0.717, 1.165) is 39.0 Å². The molecule has 2 aromatic heterocycles. The zero-order valence-electron chi connectivity index (χ0n) is 32.0. The number of furan rings is 1. The first-order valence-electron chi connectivity index (χ1n) is 20.1. The van der Waals surface area contributed by atoms with Gasteiger partial charge in [-0.05, 0) is 104 Å². The zero-order valence-corrected chi connectivity index (χ0v) is 32.8. The fourth-order valence-electron chi connectivity index (χ4n) is 9.17. The lowest BCUT2D eigenvalue weighted by Gasteiger charge is -2.28. The summed E-state index contributed by atoms with van der Waals surface area (Å²) in [6.07, 6.45) is 0. The highest BCUT2D eigenvalue weighted by Crippen LogP contribution is 2.48. The SMILES string of the molecule is c1ccc(-c2cc(N(c3ccc(-c4cc5ccccc5c5ccccc45)cc3)c3cccc4oc5ccccc5c34)ccc2-c2cccc3c2sc2ccccc23)cc1. The summed E-state index contributed by atoms with van der Waals surface area (Å²) in [6.45, 7) is 0. The number of thiophene rings is 1. The van der Waals surface area contributed by atoms with Gasteiger partial charge in [-0.1, -0.05) is 158 Å². The van der Waals surface area contributed by atoms with Crippen LogP contribution < -0.4 is 4.90 Å². The molecule has 0 saturated heterocycles. The summed E-state index contributed by atoms with van der Waals surface area (Å²) in [6, 6.07) is 77.0. The lowest BCUT2D eigenvalue weighted by molar-refractivity contribution is 0.669. The topological polar surface area (TPSA) is 16.4 Å². The van der Waals surface area contributed by atoms with Crippen molar-refractivity contribution in [3.05, 3.63) is 212 Å². The van der Waals surface area contributed by atoms with E-state index in [1.807, 2.05) is 17.4 Å². The van der Waals surface area contributed by atoms with Gasteiger partial charge >= 0.3 is 0 Å². The summed E-state index contributed by atoms with van der Waals surface area (Å²) in [7, 11) is 0. The second-order valence-electron chi connectivity index (χ2n) is 15.2. The number of benzene rings is 10. The molecule has 0 bridgehead atoms. The van der Waals surface area contributed by atoms with Crippen molar-refractivity contribution >= 4 is 92.1 Å². The van der Waals surface area contributed by atoms with Gasteiger partial charge in [0.15, 0.2) is 0 Å². The lowest BCUT2D eigenvalue weighted by Crippen LogP contribution is -2.10. The van der Waals surface area contributed by atoms with Crippen LogP contribution in [0.5, 0.6) is 0 Å². The summed E-state index contributed by atoms with van der Waals surface area (Å²) < 4.78 is 9.09. The molecule has 0 saturated carbocycles. The first kappa shape index (κ1) is 33.7. The smallest absolute Gasteiger partial charge is 0.137 e. The standard InChI is InChI=1S/C56H35NOS/c1-2-14-36(15-3-1)50-35-40(32-33-44(50)46-22-12-23-47-45-20-9-11-27-54(45)59-56(46)47)57(51-24-13-26-53-55(51)48-21-8-10-25-52(48)58-53)39-30-28-37(29-31-39)49-34-38-16-4-5-17-41(38)42-18-6-7-19-43(42)49/h1-35H. The molecule has 0 radical (unpaired) electrons. The van der Waals surface area contributed by atoms with Crippen molar-refractivity contribution in [2.24, 2.45) is 0 Å². The summed E-state index contributed by atoms with van der Waals surface area (Å²) in [5.41, 5.74) is 12.2. The molecule has 0 fully saturated rings. The molecule has 0 aliphatic heterocycles. The predicted molar refractivity (Wildman–Crippen MR) is 253 cm³/mol. The van der Waals surface area contributed by atoms with Crippen LogP contribution in [0, 0.1) is 0 Å². The monoisotopic (exact) mass is 769 g/mol. The molecule has 0 spiro atoms. The van der Waals surface area contributed by atoms with Crippen LogP contribution >= 0.6 is 11.3 Å². The maximum absolute atomic E-state index is 6.48. The Morgan fingerprint density at radius 2 is 1.00 bits per heavy atom. The van der Waals surface area contributed by atoms with Crippen LogP contribution in [0.15, 0.2) is 217 Å². The molecule has 0 amide bonds. The Morgan fingerprint density at radius 3 is 1.86 bits per heavy atom. The van der Waals surface area contributed by atoms with Gasteiger partial charge in [0.25, 0.3) is 0 Å². The van der Waals surface area contributed by atoms with Crippen molar-refractivity contribution in [3.63, 3.8) is 0 Å². The summed E-state index contributed by atoms with van der Waals surface area (Å²) in [4.78, 5) is 2.41. The lowest BCUT2D eigenvalue weighted by atomic mass is 9.92. The Kier molecular flexibility index (Phi) is 7.75. The molecule has 0 aliphatic carbocycles. The molecule has 12 rings (SSSR count). The van der Waals surface area contributed by atoms with E-state index >= 15 is 0 Å². The minimum atomic E-state index is 0.865. The van der Waals surface area contributed by atoms with Gasteiger partial charge in [-0.3, -0.25) is 0 Å². The number of nitrogens with zero attached hydrogens (tertiary/aromatic N) is 1. The molecule has 12 aromatic rings. The normalized spacial score (nSPS) is 11.7. The van der Waals surface area contributed by atoms with Crippen molar-refractivity contribution in [1.82, 2.24) is 0 Å². The number of anilines is 3. The molecular formula is C56H35NOS. The van der Waals surface area contributed by atoms with Gasteiger partial charge in [-0.2, -0.15) is 0 Å². The van der Waals surface area contributed by atoms with Gasteiger partial charge in [0.2, 0.25) is 0 Å². The van der Waals surface area contributed by atoms with Crippen LogP contribution in [0.1, 0.15) is 0 Å². The number of rotatable bonds is 6. The molecule has 0 N–H and O–H groups in total. The van der Waals surface area contributed by atoms with Crippen molar-refractivity contribution in [2.75, 3.05) is 4.90 Å². The van der Waals surface area contributed by atoms with Crippen LogP contribution in [-0.2, 0) is 0 Å². The Morgan fingerprint density at radius 1 is 0.356 bits per heavy atom. The largest absolute Gasteiger partial charge is 0.456 e. The maximum Gasteiger partial charge on any atom is 0.137 e. The molecule has 0 atom stereocenters. The van der Waals surface area contributed by atoms with Gasteiger partial charge in [-0.25, -0.2) is 0 Å². The van der Waals surface area contributed by atoms with Crippen LogP contribution in [0.4, 0.5) is 17.1 Å². The van der Waals surface area contributed by atoms with Crippen molar-refractivity contribution in [2.45, 2.75) is 0 Å². The minimum absolute atomic E-state index is 0.865. The molecule has 10 aromatic carbocycles. The third-order valence-electron chi connectivity index (χ3n) is 11.9. The van der Waals surface area contributed by atoms with Gasteiger partial charge < -0.3 is 9.32 Å². The zero-order chi connectivity index (χ0) is 38.9. The van der Waals surface area contributed by atoms with Crippen LogP contribution in [0.2, 0.25) is 0 Å². The van der Waals surface area contributed by atoms with Crippen LogP contribution in [0.25, 0.3) is 97.0 Å². The molecule has 0 unspecified atom stereocenters. The summed E-state index contributed by atoms with van der Waals surface area (Å²) in [5.74, 6) is 0. The second-order valence-corrected chi connectivity index (χ2v) is 16.3. The van der Waals surface area contributed by atoms with Gasteiger partial charge in [0.05, 0.1) is 11.1 Å². The van der Waals surface area contributed by atoms with E-state index in [4.69, 9.17) is 4.42 Å². The van der Waals surface area contributed by atoms with E-state index in [2.05, 4.69) is 211 Å². The molecule has 59 heavy (non-hydrogen) atoms. The van der Waals surface area contributed by atoms with E-state index in [1.165, 1.54) is 75.1 Å². The van der Waals surface area contributed by atoms with E-state index in [-0.39, 0.29) is 0 Å². The number of fused-ring (bicyclic) bond motifs is 9. The van der Waals surface area contributed by atoms with Crippen molar-refractivity contribution in [3.8, 4) is 33.4 Å². The van der Waals surface area contributed by atoms with Gasteiger partial charge in [0.1, 0.15) is 11.2 Å². The third-order valence-corrected chi connectivity index (χ3v) is 13.1. The van der Waals surface area contributed by atoms with E-state index in [9.17, 15) is 0 Å². The average Bonchev–Trinajstić information content (AvgIpc) is 3.89. The Bertz CT molecular complexity index is 3560. The van der Waals surface area contributed by atoms with Gasteiger partial charge in [-0.15, -0.1) is 11.3 Å². The number of hydrogen-bond acceptors (Lipinski definition) is 3. The average molecular weight is 770 g/mol. The number of hydrogen-bond donors (Lipinski definition) is 0. The Labute approximate surface area is 345 Å². The fraction of sp³-hybridized carbons (Fsp3) is 0. The van der Waals surface area contributed by atoms with Crippen molar-refractivity contribution in [1.29, 1.82) is 0 Å². The first-order chi connectivity index (χ1) is 29.3. The molecule has 2 heterocycles. The maximum atomic E-state index is 6.48. The highest BCUT2D eigenvalue weighted by Gasteiger charge is 2.22.